The minimum atomic E-state index is 0.395. The first-order valence-corrected chi connectivity index (χ1v) is 6.35. The van der Waals surface area contributed by atoms with Gasteiger partial charge in [-0.15, -0.1) is 5.10 Å². The predicted octanol–water partition coefficient (Wildman–Crippen LogP) is 1.89. The van der Waals surface area contributed by atoms with Crippen LogP contribution in [-0.4, -0.2) is 33.1 Å². The molecule has 17 heavy (non-hydrogen) atoms. The predicted molar refractivity (Wildman–Crippen MR) is 67.8 cm³/mol. The minimum Gasteiger partial charge on any atom is -0.353 e. The zero-order valence-corrected chi connectivity index (χ0v) is 10.8. The van der Waals surface area contributed by atoms with E-state index in [4.69, 9.17) is 0 Å². The Morgan fingerprint density at radius 3 is 3.06 bits per heavy atom. The van der Waals surface area contributed by atoms with Crippen molar-refractivity contribution in [2.24, 2.45) is 0 Å². The fraction of sp³-hybridized carbons (Fsp3) is 0.364. The van der Waals surface area contributed by atoms with Crippen LogP contribution in [0.25, 0.3) is 0 Å². The molecule has 2 aromatic heterocycles. The summed E-state index contributed by atoms with van der Waals surface area (Å²) in [5.41, 5.74) is 0. The number of nitrogens with zero attached hydrogens (tertiary/aromatic N) is 5. The van der Waals surface area contributed by atoms with Crippen molar-refractivity contribution in [2.75, 3.05) is 18.0 Å². The highest BCUT2D eigenvalue weighted by molar-refractivity contribution is 9.10. The van der Waals surface area contributed by atoms with Gasteiger partial charge in [-0.3, -0.25) is 0 Å². The summed E-state index contributed by atoms with van der Waals surface area (Å²) in [6, 6.07) is 4.34. The lowest BCUT2D eigenvalue weighted by Crippen LogP contribution is -2.22. The van der Waals surface area contributed by atoms with Crippen molar-refractivity contribution < 1.29 is 0 Å². The van der Waals surface area contributed by atoms with Gasteiger partial charge in [-0.1, -0.05) is 5.21 Å². The molecule has 0 N–H and O–H groups in total. The van der Waals surface area contributed by atoms with Crippen LogP contribution in [0.4, 0.5) is 5.82 Å². The lowest BCUT2D eigenvalue weighted by Gasteiger charge is -2.18. The van der Waals surface area contributed by atoms with Crippen molar-refractivity contribution in [3.05, 3.63) is 35.2 Å². The number of hydrogen-bond donors (Lipinski definition) is 0. The molecule has 0 amide bonds. The van der Waals surface area contributed by atoms with E-state index in [0.29, 0.717) is 6.04 Å². The number of hydrogen-bond acceptors (Lipinski definition) is 4. The summed E-state index contributed by atoms with van der Waals surface area (Å²) in [6.45, 7) is 1.93. The van der Waals surface area contributed by atoms with Gasteiger partial charge >= 0.3 is 0 Å². The first kappa shape index (κ1) is 10.7. The maximum absolute atomic E-state index is 4.41. The van der Waals surface area contributed by atoms with E-state index in [2.05, 4.69) is 36.1 Å². The van der Waals surface area contributed by atoms with Gasteiger partial charge in [-0.25, -0.2) is 9.67 Å². The summed E-state index contributed by atoms with van der Waals surface area (Å²) < 4.78 is 2.97. The van der Waals surface area contributed by atoms with Gasteiger partial charge in [0.1, 0.15) is 5.82 Å². The summed E-state index contributed by atoms with van der Waals surface area (Å²) in [4.78, 5) is 6.68. The van der Waals surface area contributed by atoms with E-state index in [1.165, 1.54) is 0 Å². The van der Waals surface area contributed by atoms with Crippen LogP contribution in [0.2, 0.25) is 0 Å². The average Bonchev–Trinajstić information content (AvgIpc) is 3.00. The lowest BCUT2D eigenvalue weighted by molar-refractivity contribution is 0.479. The largest absolute Gasteiger partial charge is 0.353 e. The van der Waals surface area contributed by atoms with Crippen LogP contribution in [-0.2, 0) is 0 Å². The molecule has 1 unspecified atom stereocenters. The highest BCUT2D eigenvalue weighted by atomic mass is 79.9. The van der Waals surface area contributed by atoms with E-state index in [0.717, 1.165) is 29.8 Å². The first-order chi connectivity index (χ1) is 8.34. The number of aromatic nitrogens is 4. The van der Waals surface area contributed by atoms with Crippen molar-refractivity contribution in [1.82, 2.24) is 20.0 Å². The third-order valence-corrected chi connectivity index (χ3v) is 3.64. The Labute approximate surface area is 108 Å². The quantitative estimate of drug-likeness (QED) is 0.848. The van der Waals surface area contributed by atoms with Crippen molar-refractivity contribution in [3.63, 3.8) is 0 Å². The Kier molecular flexibility index (Phi) is 2.80. The van der Waals surface area contributed by atoms with Crippen LogP contribution < -0.4 is 4.90 Å². The number of rotatable bonds is 2. The van der Waals surface area contributed by atoms with E-state index in [9.17, 15) is 0 Å². The van der Waals surface area contributed by atoms with E-state index < -0.39 is 0 Å². The van der Waals surface area contributed by atoms with Gasteiger partial charge in [0.15, 0.2) is 0 Å². The molecule has 5 nitrogen and oxygen atoms in total. The van der Waals surface area contributed by atoms with Crippen molar-refractivity contribution in [3.8, 4) is 0 Å². The second-order valence-corrected chi connectivity index (χ2v) is 4.93. The van der Waals surface area contributed by atoms with Gasteiger partial charge < -0.3 is 4.90 Å². The normalized spacial score (nSPS) is 19.8. The molecular formula is C11H12BrN5. The zero-order chi connectivity index (χ0) is 11.7. The Hall–Kier alpha value is -1.43. The van der Waals surface area contributed by atoms with Gasteiger partial charge in [-0.2, -0.15) is 0 Å². The second kappa shape index (κ2) is 4.44. The Bertz CT molecular complexity index is 498. The van der Waals surface area contributed by atoms with E-state index in [-0.39, 0.29) is 0 Å². The fourth-order valence-electron chi connectivity index (χ4n) is 2.17. The SMILES string of the molecule is Brc1cccnc1N1CCC(n2ccnn2)C1. The molecule has 0 saturated carbocycles. The van der Waals surface area contributed by atoms with Crippen LogP contribution >= 0.6 is 15.9 Å². The molecule has 2 aromatic rings. The maximum atomic E-state index is 4.41. The molecule has 0 bridgehead atoms. The van der Waals surface area contributed by atoms with Crippen LogP contribution in [0.5, 0.6) is 0 Å². The summed E-state index contributed by atoms with van der Waals surface area (Å²) >= 11 is 3.54. The van der Waals surface area contributed by atoms with E-state index in [1.54, 1.807) is 6.20 Å². The molecule has 1 saturated heterocycles. The van der Waals surface area contributed by atoms with Gasteiger partial charge in [-0.05, 0) is 34.5 Å². The summed E-state index contributed by atoms with van der Waals surface area (Å²) in [6.07, 6.45) is 6.54. The molecule has 3 rings (SSSR count). The van der Waals surface area contributed by atoms with Crippen molar-refractivity contribution >= 4 is 21.7 Å². The van der Waals surface area contributed by atoms with E-state index in [1.807, 2.05) is 29.2 Å². The smallest absolute Gasteiger partial charge is 0.142 e. The third kappa shape index (κ3) is 2.04. The average molecular weight is 294 g/mol. The first-order valence-electron chi connectivity index (χ1n) is 5.56. The molecular weight excluding hydrogens is 282 g/mol. The number of anilines is 1. The number of halogens is 1. The zero-order valence-electron chi connectivity index (χ0n) is 9.20. The van der Waals surface area contributed by atoms with Gasteiger partial charge in [0, 0.05) is 25.5 Å². The van der Waals surface area contributed by atoms with Gasteiger partial charge in [0.25, 0.3) is 0 Å². The second-order valence-electron chi connectivity index (χ2n) is 4.08. The van der Waals surface area contributed by atoms with Crippen LogP contribution in [0.15, 0.2) is 35.2 Å². The highest BCUT2D eigenvalue weighted by Gasteiger charge is 2.26. The summed E-state index contributed by atoms with van der Waals surface area (Å²) in [5.74, 6) is 1.01. The number of pyridine rings is 1. The molecule has 1 atom stereocenters. The molecule has 1 fully saturated rings. The van der Waals surface area contributed by atoms with Crippen LogP contribution in [0.1, 0.15) is 12.5 Å². The summed E-state index contributed by atoms with van der Waals surface area (Å²) in [7, 11) is 0. The topological polar surface area (TPSA) is 46.8 Å². The Morgan fingerprint density at radius 2 is 2.29 bits per heavy atom. The molecule has 6 heteroatoms. The molecule has 88 valence electrons. The van der Waals surface area contributed by atoms with Crippen molar-refractivity contribution in [2.45, 2.75) is 12.5 Å². The molecule has 1 aliphatic heterocycles. The fourth-order valence-corrected chi connectivity index (χ4v) is 2.68. The van der Waals surface area contributed by atoms with Gasteiger partial charge in [0.2, 0.25) is 0 Å². The van der Waals surface area contributed by atoms with Crippen molar-refractivity contribution in [1.29, 1.82) is 0 Å². The minimum absolute atomic E-state index is 0.395. The third-order valence-electron chi connectivity index (χ3n) is 3.02. The maximum Gasteiger partial charge on any atom is 0.142 e. The van der Waals surface area contributed by atoms with E-state index >= 15 is 0 Å². The molecule has 1 aliphatic rings. The lowest BCUT2D eigenvalue weighted by atomic mass is 10.3. The molecule has 0 spiro atoms. The Morgan fingerprint density at radius 1 is 1.35 bits per heavy atom. The van der Waals surface area contributed by atoms with Crippen LogP contribution in [0, 0.1) is 0 Å². The molecule has 3 heterocycles. The molecule has 0 aromatic carbocycles. The standard InChI is InChI=1S/C11H12BrN5/c12-10-2-1-4-13-11(10)16-6-3-9(8-16)17-7-5-14-15-17/h1-2,4-5,7,9H,3,6,8H2. The van der Waals surface area contributed by atoms with Gasteiger partial charge in [0.05, 0.1) is 16.7 Å². The summed E-state index contributed by atoms with van der Waals surface area (Å²) in [5, 5.41) is 7.91. The molecule has 0 radical (unpaired) electrons. The Balaban J connectivity index is 1.79. The monoisotopic (exact) mass is 293 g/mol. The molecule has 0 aliphatic carbocycles. The van der Waals surface area contributed by atoms with Crippen LogP contribution in [0.3, 0.4) is 0 Å². The highest BCUT2D eigenvalue weighted by Crippen LogP contribution is 2.29.